The zero-order valence-electron chi connectivity index (χ0n) is 14.2. The second-order valence-corrected chi connectivity index (χ2v) is 7.56. The Balaban J connectivity index is 1.89. The number of amides is 1. The molecule has 0 fully saturated rings. The van der Waals surface area contributed by atoms with Crippen molar-refractivity contribution in [2.24, 2.45) is 0 Å². The normalized spacial score (nSPS) is 16.9. The van der Waals surface area contributed by atoms with Crippen molar-refractivity contribution in [3.05, 3.63) is 75.1 Å². The summed E-state index contributed by atoms with van der Waals surface area (Å²) in [6, 6.07) is 9.74. The van der Waals surface area contributed by atoms with Gasteiger partial charge in [-0.05, 0) is 29.1 Å². The Labute approximate surface area is 163 Å². The number of thiazole rings is 1. The number of methoxy groups -OCH3 is 1. The van der Waals surface area contributed by atoms with Crippen LogP contribution < -0.4 is 9.64 Å². The summed E-state index contributed by atoms with van der Waals surface area (Å²) in [6.07, 6.45) is 1.58. The molecule has 1 atom stereocenters. The van der Waals surface area contributed by atoms with Gasteiger partial charge in [-0.25, -0.2) is 4.98 Å². The molecule has 0 bridgehead atoms. The van der Waals surface area contributed by atoms with Crippen molar-refractivity contribution in [2.45, 2.75) is 6.04 Å². The number of hydrogen-bond donors (Lipinski definition) is 1. The second kappa shape index (κ2) is 6.98. The maximum atomic E-state index is 13.1. The first-order valence-corrected chi connectivity index (χ1v) is 9.76. The van der Waals surface area contributed by atoms with Gasteiger partial charge in [-0.15, -0.1) is 22.7 Å². The van der Waals surface area contributed by atoms with E-state index in [4.69, 9.17) is 4.74 Å². The third-order valence-corrected chi connectivity index (χ3v) is 5.87. The highest BCUT2D eigenvalue weighted by atomic mass is 32.1. The molecule has 136 valence electrons. The number of aliphatic hydroxyl groups excluding tert-OH is 1. The van der Waals surface area contributed by atoms with Crippen LogP contribution in [0.25, 0.3) is 0 Å². The summed E-state index contributed by atoms with van der Waals surface area (Å²) in [5.41, 5.74) is 0.702. The number of rotatable bonds is 5. The summed E-state index contributed by atoms with van der Waals surface area (Å²) in [5.74, 6) is -0.967. The molecule has 1 aliphatic heterocycles. The lowest BCUT2D eigenvalue weighted by molar-refractivity contribution is -0.117. The Bertz CT molecular complexity index is 1030. The molecule has 4 rings (SSSR count). The van der Waals surface area contributed by atoms with E-state index in [1.807, 2.05) is 0 Å². The summed E-state index contributed by atoms with van der Waals surface area (Å²) < 4.78 is 5.28. The van der Waals surface area contributed by atoms with E-state index in [-0.39, 0.29) is 11.4 Å². The fraction of sp³-hybridized carbons (Fsp3) is 0.105. The minimum atomic E-state index is -0.784. The van der Waals surface area contributed by atoms with Crippen molar-refractivity contribution in [2.75, 3.05) is 12.0 Å². The molecule has 3 aromatic rings. The first-order chi connectivity index (χ1) is 13.1. The number of hydrogen-bond acceptors (Lipinski definition) is 7. The first kappa shape index (κ1) is 17.4. The first-order valence-electron chi connectivity index (χ1n) is 8.00. The molecule has 1 aromatic carbocycles. The fourth-order valence-corrected chi connectivity index (χ4v) is 4.38. The minimum absolute atomic E-state index is 0.0471. The van der Waals surface area contributed by atoms with E-state index < -0.39 is 17.7 Å². The Morgan fingerprint density at radius 3 is 2.74 bits per heavy atom. The molecule has 8 heteroatoms. The van der Waals surface area contributed by atoms with Crippen LogP contribution in [0.3, 0.4) is 0 Å². The van der Waals surface area contributed by atoms with Crippen LogP contribution in [-0.2, 0) is 4.79 Å². The van der Waals surface area contributed by atoms with Crippen molar-refractivity contribution < 1.29 is 19.4 Å². The standard InChI is InChI=1S/C19H14N2O4S2/c1-25-12-5-2-4-11(10-12)15-14(16(22)13-6-3-8-26-13)17(23)18(24)21(15)19-20-7-9-27-19/h2-10,15,23H,1H3/t15-/m0/s1. The quantitative estimate of drug-likeness (QED) is 0.657. The van der Waals surface area contributed by atoms with Gasteiger partial charge in [-0.1, -0.05) is 18.2 Å². The molecule has 0 radical (unpaired) electrons. The number of ketones is 1. The highest BCUT2D eigenvalue weighted by Gasteiger charge is 2.45. The SMILES string of the molecule is COc1cccc([C@H]2C(C(=O)c3cccs3)=C(O)C(=O)N2c2nccs2)c1. The lowest BCUT2D eigenvalue weighted by atomic mass is 9.95. The minimum Gasteiger partial charge on any atom is -0.503 e. The fourth-order valence-electron chi connectivity index (χ4n) is 3.04. The van der Waals surface area contributed by atoms with Gasteiger partial charge in [0.15, 0.2) is 10.9 Å². The van der Waals surface area contributed by atoms with Crippen LogP contribution in [0.1, 0.15) is 21.3 Å². The molecule has 0 saturated heterocycles. The van der Waals surface area contributed by atoms with Gasteiger partial charge < -0.3 is 9.84 Å². The van der Waals surface area contributed by atoms with Crippen molar-refractivity contribution in [3.8, 4) is 5.75 Å². The Kier molecular flexibility index (Phi) is 4.51. The van der Waals surface area contributed by atoms with E-state index in [1.54, 1.807) is 60.5 Å². The number of carbonyl (C=O) groups is 2. The number of ether oxygens (including phenoxy) is 1. The van der Waals surface area contributed by atoms with Crippen LogP contribution in [-0.4, -0.2) is 28.9 Å². The van der Waals surface area contributed by atoms with Gasteiger partial charge in [0.05, 0.1) is 23.6 Å². The van der Waals surface area contributed by atoms with E-state index >= 15 is 0 Å². The molecular weight excluding hydrogens is 384 g/mol. The summed E-state index contributed by atoms with van der Waals surface area (Å²) in [7, 11) is 1.54. The number of Topliss-reactive ketones (excluding diaryl/α,β-unsaturated/α-hetero) is 1. The molecule has 0 unspecified atom stereocenters. The summed E-state index contributed by atoms with van der Waals surface area (Å²) >= 11 is 2.52. The molecule has 1 aliphatic rings. The molecule has 1 N–H and O–H groups in total. The zero-order valence-corrected chi connectivity index (χ0v) is 15.8. The molecule has 6 nitrogen and oxygen atoms in total. The van der Waals surface area contributed by atoms with E-state index in [1.165, 1.54) is 27.6 Å². The maximum absolute atomic E-state index is 13.1. The molecule has 0 spiro atoms. The van der Waals surface area contributed by atoms with Gasteiger partial charge in [0, 0.05) is 11.6 Å². The van der Waals surface area contributed by atoms with Gasteiger partial charge in [0.25, 0.3) is 5.91 Å². The monoisotopic (exact) mass is 398 g/mol. The molecule has 27 heavy (non-hydrogen) atoms. The van der Waals surface area contributed by atoms with Crippen molar-refractivity contribution in [1.29, 1.82) is 0 Å². The number of aliphatic hydroxyl groups is 1. The average molecular weight is 398 g/mol. The lowest BCUT2D eigenvalue weighted by Crippen LogP contribution is -2.30. The number of aromatic nitrogens is 1. The van der Waals surface area contributed by atoms with E-state index in [0.29, 0.717) is 21.3 Å². The maximum Gasteiger partial charge on any atom is 0.296 e. The van der Waals surface area contributed by atoms with Gasteiger partial charge >= 0.3 is 0 Å². The molecule has 3 heterocycles. The molecule has 0 saturated carbocycles. The van der Waals surface area contributed by atoms with Gasteiger partial charge in [-0.2, -0.15) is 0 Å². The van der Waals surface area contributed by atoms with Crippen LogP contribution >= 0.6 is 22.7 Å². The van der Waals surface area contributed by atoms with Crippen molar-refractivity contribution in [3.63, 3.8) is 0 Å². The van der Waals surface area contributed by atoms with Crippen LogP contribution in [0.5, 0.6) is 5.75 Å². The largest absolute Gasteiger partial charge is 0.503 e. The predicted octanol–water partition coefficient (Wildman–Crippen LogP) is 4.00. The molecule has 0 aliphatic carbocycles. The predicted molar refractivity (Wildman–Crippen MR) is 104 cm³/mol. The number of benzene rings is 1. The molecule has 2 aromatic heterocycles. The second-order valence-electron chi connectivity index (χ2n) is 5.74. The van der Waals surface area contributed by atoms with E-state index in [0.717, 1.165) is 0 Å². The number of anilines is 1. The van der Waals surface area contributed by atoms with Crippen molar-refractivity contribution in [1.82, 2.24) is 4.98 Å². The van der Waals surface area contributed by atoms with Crippen molar-refractivity contribution >= 4 is 39.5 Å². The number of thiophene rings is 1. The van der Waals surface area contributed by atoms with E-state index in [2.05, 4.69) is 4.98 Å². The highest BCUT2D eigenvalue weighted by molar-refractivity contribution is 7.14. The van der Waals surface area contributed by atoms with Gasteiger partial charge in [0.1, 0.15) is 5.75 Å². The van der Waals surface area contributed by atoms with Crippen LogP contribution in [0.4, 0.5) is 5.13 Å². The van der Waals surface area contributed by atoms with Gasteiger partial charge in [0.2, 0.25) is 5.78 Å². The Morgan fingerprint density at radius 1 is 1.22 bits per heavy atom. The third-order valence-electron chi connectivity index (χ3n) is 4.23. The smallest absolute Gasteiger partial charge is 0.296 e. The van der Waals surface area contributed by atoms with Crippen LogP contribution in [0.15, 0.2) is 64.7 Å². The summed E-state index contributed by atoms with van der Waals surface area (Å²) in [6.45, 7) is 0. The summed E-state index contributed by atoms with van der Waals surface area (Å²) in [4.78, 5) is 31.9. The number of carbonyl (C=O) groups excluding carboxylic acids is 2. The highest BCUT2D eigenvalue weighted by Crippen LogP contribution is 2.43. The van der Waals surface area contributed by atoms with E-state index in [9.17, 15) is 14.7 Å². The topological polar surface area (TPSA) is 79.7 Å². The Morgan fingerprint density at radius 2 is 2.07 bits per heavy atom. The molecule has 1 amide bonds. The lowest BCUT2D eigenvalue weighted by Gasteiger charge is -2.24. The third kappa shape index (κ3) is 2.92. The Hall–Kier alpha value is -2.97. The molecular formula is C19H14N2O4S2. The zero-order chi connectivity index (χ0) is 19.0. The van der Waals surface area contributed by atoms with Crippen LogP contribution in [0.2, 0.25) is 0 Å². The van der Waals surface area contributed by atoms with Crippen LogP contribution in [0, 0.1) is 0 Å². The van der Waals surface area contributed by atoms with Gasteiger partial charge in [-0.3, -0.25) is 14.5 Å². The average Bonchev–Trinajstić information content (AvgIpc) is 3.43. The number of nitrogens with zero attached hydrogens (tertiary/aromatic N) is 2. The summed E-state index contributed by atoms with van der Waals surface area (Å²) in [5, 5.41) is 14.5.